The highest BCUT2D eigenvalue weighted by atomic mass is 32.2. The van der Waals surface area contributed by atoms with Crippen LogP contribution in [0.15, 0.2) is 51.3 Å². The average Bonchev–Trinajstić information content (AvgIpc) is 2.73. The standard InChI is InChI=1S/C23H28F3N5O2S/c1-15-3-4-16(2)17(11-15)12-22(29-20-6-5-18(13-19(20)24)34(28,32)33)30-21(27)14-31-9-7-23(25,26)8-10-31/h3-6,11,13H,7-10,12,14H2,1-2H3,(H2,27,29,30)(H2,28,32,33). The van der Waals surface area contributed by atoms with Gasteiger partial charge in [-0.1, -0.05) is 23.8 Å². The minimum absolute atomic E-state index is 0.123. The Hall–Kier alpha value is -2.76. The summed E-state index contributed by atoms with van der Waals surface area (Å²) in [6.07, 6.45) is -0.251. The summed E-state index contributed by atoms with van der Waals surface area (Å²) in [7, 11) is -4.07. The van der Waals surface area contributed by atoms with Crippen LogP contribution in [0.5, 0.6) is 0 Å². The molecule has 0 saturated carbocycles. The van der Waals surface area contributed by atoms with E-state index in [1.807, 2.05) is 32.0 Å². The van der Waals surface area contributed by atoms with Crippen LogP contribution in [0.1, 0.15) is 29.5 Å². The first-order valence-electron chi connectivity index (χ1n) is 10.7. The molecule has 0 bridgehead atoms. The largest absolute Gasteiger partial charge is 0.386 e. The lowest BCUT2D eigenvalue weighted by Gasteiger charge is -2.31. The summed E-state index contributed by atoms with van der Waals surface area (Å²) < 4.78 is 64.5. The van der Waals surface area contributed by atoms with Crippen molar-refractivity contribution in [3.05, 3.63) is 58.9 Å². The second-order valence-electron chi connectivity index (χ2n) is 8.53. The van der Waals surface area contributed by atoms with Gasteiger partial charge in [0.2, 0.25) is 10.0 Å². The molecule has 0 unspecified atom stereocenters. The molecular formula is C23H28F3N5O2S. The van der Waals surface area contributed by atoms with E-state index >= 15 is 0 Å². The molecule has 1 aliphatic heterocycles. The summed E-state index contributed by atoms with van der Waals surface area (Å²) in [5.41, 5.74) is 8.91. The van der Waals surface area contributed by atoms with E-state index in [4.69, 9.17) is 10.9 Å². The summed E-state index contributed by atoms with van der Waals surface area (Å²) in [5.74, 6) is -3.18. The van der Waals surface area contributed by atoms with Crippen LogP contribution in [-0.4, -0.2) is 50.5 Å². The molecular weight excluding hydrogens is 467 g/mol. The monoisotopic (exact) mass is 495 g/mol. The quantitative estimate of drug-likeness (QED) is 0.472. The lowest BCUT2D eigenvalue weighted by atomic mass is 10.0. The molecule has 1 heterocycles. The van der Waals surface area contributed by atoms with Crippen LogP contribution in [0.25, 0.3) is 0 Å². The highest BCUT2D eigenvalue weighted by Crippen LogP contribution is 2.27. The Morgan fingerprint density at radius 3 is 2.41 bits per heavy atom. The Morgan fingerprint density at radius 2 is 1.79 bits per heavy atom. The number of hydrogen-bond donors (Lipinski definition) is 2. The van der Waals surface area contributed by atoms with Gasteiger partial charge in [-0.3, -0.25) is 4.90 Å². The van der Waals surface area contributed by atoms with Gasteiger partial charge in [-0.25, -0.2) is 36.7 Å². The highest BCUT2D eigenvalue weighted by molar-refractivity contribution is 7.89. The molecule has 2 aromatic carbocycles. The number of rotatable bonds is 6. The van der Waals surface area contributed by atoms with Crippen molar-refractivity contribution in [2.24, 2.45) is 20.9 Å². The topological polar surface area (TPSA) is 114 Å². The van der Waals surface area contributed by atoms with Gasteiger partial charge in [-0.2, -0.15) is 0 Å². The Bertz CT molecular complexity index is 1220. The first kappa shape index (κ1) is 25.9. The van der Waals surface area contributed by atoms with Gasteiger partial charge in [0, 0.05) is 32.4 Å². The number of sulfonamides is 1. The van der Waals surface area contributed by atoms with Crippen LogP contribution >= 0.6 is 0 Å². The van der Waals surface area contributed by atoms with Crippen LogP contribution in [-0.2, 0) is 16.4 Å². The smallest absolute Gasteiger partial charge is 0.250 e. The molecule has 4 N–H and O–H groups in total. The minimum atomic E-state index is -4.07. The molecule has 1 saturated heterocycles. The fraction of sp³-hybridized carbons (Fsp3) is 0.391. The maximum Gasteiger partial charge on any atom is 0.250 e. The third-order valence-electron chi connectivity index (χ3n) is 5.60. The minimum Gasteiger partial charge on any atom is -0.386 e. The molecule has 0 aliphatic carbocycles. The SMILES string of the molecule is Cc1ccc(C)c(CC(N=C(N)CN2CCC(F)(F)CC2)=Nc2ccc(S(N)(=O)=O)cc2F)c1. The molecule has 1 aliphatic rings. The molecule has 3 rings (SSSR count). The fourth-order valence-electron chi connectivity index (χ4n) is 3.63. The molecule has 1 fully saturated rings. The first-order chi connectivity index (χ1) is 15.8. The third kappa shape index (κ3) is 7.12. The third-order valence-corrected chi connectivity index (χ3v) is 6.51. The van der Waals surface area contributed by atoms with E-state index in [2.05, 4.69) is 9.98 Å². The molecule has 0 atom stereocenters. The van der Waals surface area contributed by atoms with Crippen LogP contribution < -0.4 is 10.9 Å². The van der Waals surface area contributed by atoms with Crippen molar-refractivity contribution in [3.63, 3.8) is 0 Å². The number of halogens is 3. The van der Waals surface area contributed by atoms with E-state index in [9.17, 15) is 21.6 Å². The van der Waals surface area contributed by atoms with Gasteiger partial charge < -0.3 is 5.73 Å². The van der Waals surface area contributed by atoms with E-state index in [-0.39, 0.29) is 61.2 Å². The summed E-state index contributed by atoms with van der Waals surface area (Å²) >= 11 is 0. The molecule has 11 heteroatoms. The van der Waals surface area contributed by atoms with Crippen LogP contribution in [0.4, 0.5) is 18.9 Å². The van der Waals surface area contributed by atoms with Gasteiger partial charge in [0.25, 0.3) is 5.92 Å². The number of likely N-dealkylation sites (tertiary alicyclic amines) is 1. The van der Waals surface area contributed by atoms with Crippen molar-refractivity contribution >= 4 is 27.4 Å². The maximum absolute atomic E-state index is 14.6. The second-order valence-corrected chi connectivity index (χ2v) is 10.1. The van der Waals surface area contributed by atoms with E-state index in [1.165, 1.54) is 6.07 Å². The fourth-order valence-corrected chi connectivity index (χ4v) is 4.15. The van der Waals surface area contributed by atoms with Crippen molar-refractivity contribution in [2.75, 3.05) is 19.6 Å². The molecule has 0 amide bonds. The molecule has 184 valence electrons. The van der Waals surface area contributed by atoms with Crippen LogP contribution in [0, 0.1) is 19.7 Å². The van der Waals surface area contributed by atoms with Gasteiger partial charge in [0.15, 0.2) is 0 Å². The van der Waals surface area contributed by atoms with E-state index < -0.39 is 21.8 Å². The molecule has 2 aromatic rings. The molecule has 34 heavy (non-hydrogen) atoms. The van der Waals surface area contributed by atoms with Gasteiger partial charge >= 0.3 is 0 Å². The number of aliphatic imine (C=N–C) groups is 2. The van der Waals surface area contributed by atoms with Crippen molar-refractivity contribution in [3.8, 4) is 0 Å². The van der Waals surface area contributed by atoms with Gasteiger partial charge in [0.05, 0.1) is 11.4 Å². The number of primary sulfonamides is 1. The molecule has 0 aromatic heterocycles. The van der Waals surface area contributed by atoms with Crippen molar-refractivity contribution in [1.82, 2.24) is 4.90 Å². The number of nitrogens with zero attached hydrogens (tertiary/aromatic N) is 3. The van der Waals surface area contributed by atoms with Gasteiger partial charge in [-0.05, 0) is 43.2 Å². The van der Waals surface area contributed by atoms with E-state index in [0.29, 0.717) is 0 Å². The first-order valence-corrected chi connectivity index (χ1v) is 12.3. The number of hydrogen-bond acceptors (Lipinski definition) is 4. The Labute approximate surface area is 197 Å². The zero-order valence-electron chi connectivity index (χ0n) is 19.1. The lowest BCUT2D eigenvalue weighted by Crippen LogP contribution is -2.43. The van der Waals surface area contributed by atoms with Crippen LogP contribution in [0.3, 0.4) is 0 Å². The van der Waals surface area contributed by atoms with Crippen molar-refractivity contribution in [2.45, 2.75) is 43.9 Å². The van der Waals surface area contributed by atoms with E-state index in [0.717, 1.165) is 28.8 Å². The number of aryl methyl sites for hydroxylation is 2. The predicted molar refractivity (Wildman–Crippen MR) is 127 cm³/mol. The van der Waals surface area contributed by atoms with Gasteiger partial charge in [0.1, 0.15) is 23.2 Å². The second kappa shape index (κ2) is 10.2. The molecule has 0 radical (unpaired) electrons. The Balaban J connectivity index is 1.92. The predicted octanol–water partition coefficient (Wildman–Crippen LogP) is 3.45. The summed E-state index contributed by atoms with van der Waals surface area (Å²) in [6.45, 7) is 4.42. The Kier molecular flexibility index (Phi) is 7.79. The van der Waals surface area contributed by atoms with Crippen molar-refractivity contribution in [1.29, 1.82) is 0 Å². The zero-order chi connectivity index (χ0) is 25.1. The van der Waals surface area contributed by atoms with E-state index in [1.54, 1.807) is 4.90 Å². The normalized spacial score (nSPS) is 17.7. The zero-order valence-corrected chi connectivity index (χ0v) is 19.9. The Morgan fingerprint density at radius 1 is 1.12 bits per heavy atom. The summed E-state index contributed by atoms with van der Waals surface area (Å²) in [5, 5.41) is 5.06. The molecule has 0 spiro atoms. The van der Waals surface area contributed by atoms with Crippen molar-refractivity contribution < 1.29 is 21.6 Å². The maximum atomic E-state index is 14.6. The van der Waals surface area contributed by atoms with Gasteiger partial charge in [-0.15, -0.1) is 0 Å². The number of piperidine rings is 1. The summed E-state index contributed by atoms with van der Waals surface area (Å²) in [6, 6.07) is 9.04. The number of benzene rings is 2. The van der Waals surface area contributed by atoms with Crippen LogP contribution in [0.2, 0.25) is 0 Å². The summed E-state index contributed by atoms with van der Waals surface area (Å²) in [4.78, 5) is 10.1. The number of amidine groups is 2. The lowest BCUT2D eigenvalue weighted by molar-refractivity contribution is -0.0524. The highest BCUT2D eigenvalue weighted by Gasteiger charge is 2.34. The molecule has 7 nitrogen and oxygen atoms in total. The number of nitrogens with two attached hydrogens (primary N) is 2. The number of alkyl halides is 2. The average molecular weight is 496 g/mol.